The molecule has 1 N–H and O–H groups in total. The van der Waals surface area contributed by atoms with E-state index < -0.39 is 0 Å². The van der Waals surface area contributed by atoms with Crippen molar-refractivity contribution in [2.75, 3.05) is 13.1 Å². The van der Waals surface area contributed by atoms with Gasteiger partial charge < -0.3 is 10.2 Å². The van der Waals surface area contributed by atoms with Crippen molar-refractivity contribution in [1.29, 1.82) is 0 Å². The van der Waals surface area contributed by atoms with E-state index in [1.54, 1.807) is 0 Å². The molecule has 2 amide bonds. The first kappa shape index (κ1) is 17.0. The van der Waals surface area contributed by atoms with Crippen LogP contribution in [0.25, 0.3) is 0 Å². The molecule has 1 saturated carbocycles. The molecule has 0 unspecified atom stereocenters. The maximum atomic E-state index is 12.7. The number of nitrogens with one attached hydrogen (secondary N) is 1. The first-order valence-corrected chi connectivity index (χ1v) is 9.24. The molecule has 2 fully saturated rings. The normalized spacial score (nSPS) is 22.1. The van der Waals surface area contributed by atoms with Crippen molar-refractivity contribution < 1.29 is 9.59 Å². The van der Waals surface area contributed by atoms with Crippen LogP contribution >= 0.6 is 0 Å². The monoisotopic (exact) mass is 328 g/mol. The lowest BCUT2D eigenvalue weighted by molar-refractivity contribution is -0.137. The smallest absolute Gasteiger partial charge is 0.225 e. The van der Waals surface area contributed by atoms with Crippen molar-refractivity contribution in [3.8, 4) is 0 Å². The zero-order valence-electron chi connectivity index (χ0n) is 14.8. The fraction of sp³-hybridized carbons (Fsp3) is 0.600. The summed E-state index contributed by atoms with van der Waals surface area (Å²) in [4.78, 5) is 26.9. The number of rotatable bonds is 5. The van der Waals surface area contributed by atoms with Gasteiger partial charge in [0, 0.05) is 19.0 Å². The highest BCUT2D eigenvalue weighted by Crippen LogP contribution is 2.32. The molecule has 1 aliphatic heterocycles. The summed E-state index contributed by atoms with van der Waals surface area (Å²) >= 11 is 0. The number of hydrogen-bond acceptors (Lipinski definition) is 2. The van der Waals surface area contributed by atoms with Gasteiger partial charge in [-0.2, -0.15) is 0 Å². The maximum Gasteiger partial charge on any atom is 0.225 e. The first-order chi connectivity index (χ1) is 11.6. The Balaban J connectivity index is 1.60. The number of likely N-dealkylation sites (tertiary alicyclic amines) is 1. The molecule has 1 heterocycles. The first-order valence-electron chi connectivity index (χ1n) is 9.24. The van der Waals surface area contributed by atoms with Crippen LogP contribution in [-0.2, 0) is 9.59 Å². The molecule has 0 radical (unpaired) electrons. The lowest BCUT2D eigenvalue weighted by Gasteiger charge is -2.33. The molecular weight excluding hydrogens is 300 g/mol. The highest BCUT2D eigenvalue weighted by atomic mass is 16.2. The van der Waals surface area contributed by atoms with E-state index in [1.807, 2.05) is 4.90 Å². The highest BCUT2D eigenvalue weighted by molar-refractivity contribution is 5.83. The average Bonchev–Trinajstić information content (AvgIpc) is 3.45. The number of hydrogen-bond donors (Lipinski definition) is 1. The second-order valence-electron chi connectivity index (χ2n) is 7.28. The van der Waals surface area contributed by atoms with Crippen LogP contribution in [0.3, 0.4) is 0 Å². The number of nitrogens with zero attached hydrogens (tertiary/aromatic N) is 1. The van der Waals surface area contributed by atoms with Gasteiger partial charge in [-0.15, -0.1) is 0 Å². The Hall–Kier alpha value is -1.84. The highest BCUT2D eigenvalue weighted by Gasteiger charge is 2.36. The minimum Gasteiger partial charge on any atom is -0.349 e. The largest absolute Gasteiger partial charge is 0.349 e. The van der Waals surface area contributed by atoms with Gasteiger partial charge in [0.15, 0.2) is 0 Å². The summed E-state index contributed by atoms with van der Waals surface area (Å²) in [5, 5.41) is 3.20. The second-order valence-corrected chi connectivity index (χ2v) is 7.28. The number of carbonyl (C=O) groups is 2. The Morgan fingerprint density at radius 3 is 2.50 bits per heavy atom. The Kier molecular flexibility index (Phi) is 5.22. The molecule has 0 spiro atoms. The molecule has 1 aromatic carbocycles. The molecule has 1 aliphatic carbocycles. The standard InChI is InChI=1S/C20H28N2O2/c1-3-18(15-8-6-14(2)7-9-15)21-19(23)17-5-4-12-22(13-17)20(24)16-10-11-16/h6-9,16-18H,3-5,10-13H2,1-2H3,(H,21,23)/t17-,18-/m0/s1. The van der Waals surface area contributed by atoms with E-state index in [4.69, 9.17) is 0 Å². The quantitative estimate of drug-likeness (QED) is 0.902. The number of benzene rings is 1. The van der Waals surface area contributed by atoms with Gasteiger partial charge in [0.1, 0.15) is 0 Å². The zero-order valence-corrected chi connectivity index (χ0v) is 14.8. The van der Waals surface area contributed by atoms with E-state index in [9.17, 15) is 9.59 Å². The molecule has 1 aromatic rings. The van der Waals surface area contributed by atoms with Crippen LogP contribution in [0.5, 0.6) is 0 Å². The van der Waals surface area contributed by atoms with E-state index in [1.165, 1.54) is 5.56 Å². The Morgan fingerprint density at radius 1 is 1.17 bits per heavy atom. The van der Waals surface area contributed by atoms with Crippen LogP contribution < -0.4 is 5.32 Å². The SMILES string of the molecule is CC[C@H](NC(=O)[C@H]1CCCN(C(=O)C2CC2)C1)c1ccc(C)cc1. The Bertz CT molecular complexity index is 592. The van der Waals surface area contributed by atoms with Gasteiger partial charge in [0.05, 0.1) is 12.0 Å². The molecule has 24 heavy (non-hydrogen) atoms. The minimum atomic E-state index is -0.0686. The van der Waals surface area contributed by atoms with Crippen molar-refractivity contribution in [3.05, 3.63) is 35.4 Å². The van der Waals surface area contributed by atoms with Crippen LogP contribution in [0.1, 0.15) is 56.2 Å². The Morgan fingerprint density at radius 2 is 1.88 bits per heavy atom. The third-order valence-corrected chi connectivity index (χ3v) is 5.23. The predicted molar refractivity (Wildman–Crippen MR) is 94.4 cm³/mol. The molecule has 2 atom stereocenters. The summed E-state index contributed by atoms with van der Waals surface area (Å²) in [5.74, 6) is 0.525. The van der Waals surface area contributed by atoms with Gasteiger partial charge in [0.25, 0.3) is 0 Å². The Labute approximate surface area is 144 Å². The summed E-state index contributed by atoms with van der Waals surface area (Å²) in [6.45, 7) is 5.56. The van der Waals surface area contributed by atoms with Gasteiger partial charge in [0.2, 0.25) is 11.8 Å². The number of amides is 2. The fourth-order valence-corrected chi connectivity index (χ4v) is 3.49. The van der Waals surface area contributed by atoms with Gasteiger partial charge in [-0.1, -0.05) is 36.8 Å². The summed E-state index contributed by atoms with van der Waals surface area (Å²) in [6, 6.07) is 8.40. The number of carbonyl (C=O) groups excluding carboxylic acids is 2. The van der Waals surface area contributed by atoms with E-state index in [-0.39, 0.29) is 29.7 Å². The van der Waals surface area contributed by atoms with E-state index in [2.05, 4.69) is 43.4 Å². The summed E-state index contributed by atoms with van der Waals surface area (Å²) in [7, 11) is 0. The van der Waals surface area contributed by atoms with Crippen LogP contribution in [0.2, 0.25) is 0 Å². The van der Waals surface area contributed by atoms with Gasteiger partial charge in [-0.25, -0.2) is 0 Å². The maximum absolute atomic E-state index is 12.7. The van der Waals surface area contributed by atoms with Crippen molar-refractivity contribution in [2.24, 2.45) is 11.8 Å². The summed E-state index contributed by atoms with van der Waals surface area (Å²) in [5.41, 5.74) is 2.37. The third kappa shape index (κ3) is 3.97. The number of piperidine rings is 1. The average molecular weight is 328 g/mol. The van der Waals surface area contributed by atoms with E-state index in [0.717, 1.165) is 44.2 Å². The molecule has 1 saturated heterocycles. The lowest BCUT2D eigenvalue weighted by Crippen LogP contribution is -2.46. The van der Waals surface area contributed by atoms with Crippen LogP contribution in [0.4, 0.5) is 0 Å². The van der Waals surface area contributed by atoms with Crippen LogP contribution in [-0.4, -0.2) is 29.8 Å². The van der Waals surface area contributed by atoms with Crippen LogP contribution in [0, 0.1) is 18.8 Å². The third-order valence-electron chi connectivity index (χ3n) is 5.23. The van der Waals surface area contributed by atoms with Gasteiger partial charge in [-0.05, 0) is 44.6 Å². The van der Waals surface area contributed by atoms with Crippen molar-refractivity contribution in [2.45, 2.75) is 52.0 Å². The predicted octanol–water partition coefficient (Wildman–Crippen LogP) is 3.21. The summed E-state index contributed by atoms with van der Waals surface area (Å²) < 4.78 is 0. The molecular formula is C20H28N2O2. The molecule has 3 rings (SSSR count). The molecule has 0 aromatic heterocycles. The lowest BCUT2D eigenvalue weighted by atomic mass is 9.95. The number of aryl methyl sites for hydroxylation is 1. The van der Waals surface area contributed by atoms with Gasteiger partial charge >= 0.3 is 0 Å². The van der Waals surface area contributed by atoms with Crippen molar-refractivity contribution >= 4 is 11.8 Å². The molecule has 130 valence electrons. The van der Waals surface area contributed by atoms with Crippen molar-refractivity contribution in [1.82, 2.24) is 10.2 Å². The molecule has 4 nitrogen and oxygen atoms in total. The van der Waals surface area contributed by atoms with E-state index >= 15 is 0 Å². The van der Waals surface area contributed by atoms with E-state index in [0.29, 0.717) is 6.54 Å². The molecule has 2 aliphatic rings. The fourth-order valence-electron chi connectivity index (χ4n) is 3.49. The van der Waals surface area contributed by atoms with Crippen LogP contribution in [0.15, 0.2) is 24.3 Å². The molecule has 0 bridgehead atoms. The minimum absolute atomic E-state index is 0.0487. The summed E-state index contributed by atoms with van der Waals surface area (Å²) in [6.07, 6.45) is 4.73. The van der Waals surface area contributed by atoms with Crippen molar-refractivity contribution in [3.63, 3.8) is 0 Å². The zero-order chi connectivity index (χ0) is 17.1. The second kappa shape index (κ2) is 7.37. The topological polar surface area (TPSA) is 49.4 Å². The van der Waals surface area contributed by atoms with Gasteiger partial charge in [-0.3, -0.25) is 9.59 Å². The molecule has 4 heteroatoms.